The van der Waals surface area contributed by atoms with Crippen LogP contribution in [0.4, 0.5) is 0 Å². The highest BCUT2D eigenvalue weighted by Gasteiger charge is 2.51. The van der Waals surface area contributed by atoms with Gasteiger partial charge in [-0.05, 0) is 32.8 Å². The molecule has 0 saturated carbocycles. The second-order valence-electron chi connectivity index (χ2n) is 12.5. The maximum absolute atomic E-state index is 13.6. The molecule has 13 heteroatoms. The first-order valence-electron chi connectivity index (χ1n) is 15.3. The van der Waals surface area contributed by atoms with E-state index in [1.165, 1.54) is 18.2 Å². The summed E-state index contributed by atoms with van der Waals surface area (Å²) < 4.78 is 24.3. The standard InChI is InChI=1S/C32H39NO12/c1-4-32(41)11-18(44-20-10-15(33)30(13(3)43-20)45-19-9-8-16(34)12(2)42-19)22-25(31(32)40)29(39)23-24(28(22)38)27(37)21-14(26(23)36)6-5-7-17(21)35/h5-7,12-13,15-16,18-20,30-31,34-35,38-41H,4,8-11,33H2,1-3H3/t12?,13?,15?,16?,18-,19?,20?,30?,31+,32+/m0/s1. The van der Waals surface area contributed by atoms with E-state index >= 15 is 0 Å². The van der Waals surface area contributed by atoms with E-state index in [0.717, 1.165) is 0 Å². The molecule has 45 heavy (non-hydrogen) atoms. The summed E-state index contributed by atoms with van der Waals surface area (Å²) in [4.78, 5) is 27.1. The molecule has 7 unspecified atom stereocenters. The Morgan fingerprint density at radius 2 is 1.58 bits per heavy atom. The SMILES string of the molecule is CC[C@@]1(O)C[C@H](OC2CC(N)C(OC3CCC(O)C(C)O3)C(C)O2)c2c(O)c3c(c(O)c2[C@H]1O)C(=O)c1cccc(O)c1C3=O. The molecule has 0 radical (unpaired) electrons. The van der Waals surface area contributed by atoms with Crippen molar-refractivity contribution in [3.8, 4) is 17.2 Å². The number of ketones is 2. The number of hydrogen-bond donors (Lipinski definition) is 7. The zero-order valence-corrected chi connectivity index (χ0v) is 25.2. The molecule has 13 nitrogen and oxygen atoms in total. The van der Waals surface area contributed by atoms with E-state index in [0.29, 0.717) is 12.8 Å². The number of aliphatic hydroxyl groups is 3. The van der Waals surface area contributed by atoms with Crippen molar-refractivity contribution in [2.24, 2.45) is 5.73 Å². The third-order valence-corrected chi connectivity index (χ3v) is 9.69. The molecule has 0 amide bonds. The topological polar surface area (TPSA) is 218 Å². The molecule has 2 aliphatic heterocycles. The molecule has 2 aromatic carbocycles. The van der Waals surface area contributed by atoms with Crippen molar-refractivity contribution in [2.45, 2.75) is 114 Å². The molecule has 0 aromatic heterocycles. The number of hydrogen-bond acceptors (Lipinski definition) is 13. The van der Waals surface area contributed by atoms with Gasteiger partial charge >= 0.3 is 0 Å². The number of ether oxygens (including phenoxy) is 4. The van der Waals surface area contributed by atoms with Crippen molar-refractivity contribution in [3.63, 3.8) is 0 Å². The van der Waals surface area contributed by atoms with Crippen LogP contribution < -0.4 is 5.73 Å². The van der Waals surface area contributed by atoms with Crippen LogP contribution in [-0.4, -0.2) is 90.8 Å². The van der Waals surface area contributed by atoms with E-state index in [4.69, 9.17) is 24.7 Å². The van der Waals surface area contributed by atoms with E-state index in [9.17, 15) is 40.2 Å². The Morgan fingerprint density at radius 1 is 0.911 bits per heavy atom. The van der Waals surface area contributed by atoms with Gasteiger partial charge in [0.25, 0.3) is 0 Å². The number of carbonyl (C=O) groups is 2. The van der Waals surface area contributed by atoms with Gasteiger partial charge in [0.05, 0.1) is 46.7 Å². The lowest BCUT2D eigenvalue weighted by atomic mass is 9.70. The fourth-order valence-corrected chi connectivity index (χ4v) is 7.07. The second kappa shape index (κ2) is 11.6. The number of fused-ring (bicyclic) bond motifs is 3. The van der Waals surface area contributed by atoms with E-state index in [-0.39, 0.29) is 41.5 Å². The first-order chi connectivity index (χ1) is 21.3. The summed E-state index contributed by atoms with van der Waals surface area (Å²) in [6.45, 7) is 5.13. The minimum Gasteiger partial charge on any atom is -0.507 e. The predicted molar refractivity (Wildman–Crippen MR) is 155 cm³/mol. The van der Waals surface area contributed by atoms with Crippen LogP contribution in [0.5, 0.6) is 17.2 Å². The first kappa shape index (κ1) is 31.8. The minimum absolute atomic E-state index is 0.0141. The van der Waals surface area contributed by atoms with Crippen LogP contribution in [0.2, 0.25) is 0 Å². The van der Waals surface area contributed by atoms with Gasteiger partial charge in [0.1, 0.15) is 29.5 Å². The van der Waals surface area contributed by atoms with Crippen molar-refractivity contribution in [1.82, 2.24) is 0 Å². The largest absolute Gasteiger partial charge is 0.507 e. The van der Waals surface area contributed by atoms with Gasteiger partial charge in [-0.15, -0.1) is 0 Å². The first-order valence-corrected chi connectivity index (χ1v) is 15.3. The summed E-state index contributed by atoms with van der Waals surface area (Å²) in [5, 5.41) is 66.2. The molecule has 10 atom stereocenters. The Labute approximate surface area is 259 Å². The van der Waals surface area contributed by atoms with Crippen LogP contribution in [0.15, 0.2) is 18.2 Å². The summed E-state index contributed by atoms with van der Waals surface area (Å²) in [6.07, 6.45) is -5.80. The number of rotatable bonds is 5. The Bertz CT molecular complexity index is 1520. The monoisotopic (exact) mass is 629 g/mol. The maximum Gasteiger partial charge on any atom is 0.202 e. The van der Waals surface area contributed by atoms with Gasteiger partial charge in [-0.1, -0.05) is 19.1 Å². The van der Waals surface area contributed by atoms with Gasteiger partial charge in [-0.25, -0.2) is 0 Å². The predicted octanol–water partition coefficient (Wildman–Crippen LogP) is 1.95. The second-order valence-corrected chi connectivity index (χ2v) is 12.5. The number of nitrogens with two attached hydrogens (primary N) is 1. The molecule has 2 fully saturated rings. The van der Waals surface area contributed by atoms with Gasteiger partial charge in [0, 0.05) is 42.0 Å². The number of phenolic OH excluding ortho intramolecular Hbond substituents is 3. The Balaban J connectivity index is 1.33. The van der Waals surface area contributed by atoms with E-state index in [2.05, 4.69) is 0 Å². The van der Waals surface area contributed by atoms with Gasteiger partial charge in [0.2, 0.25) is 5.78 Å². The van der Waals surface area contributed by atoms with Crippen LogP contribution in [0, 0.1) is 0 Å². The lowest BCUT2D eigenvalue weighted by Gasteiger charge is -2.45. The summed E-state index contributed by atoms with van der Waals surface area (Å²) in [7, 11) is 0. The van der Waals surface area contributed by atoms with Crippen molar-refractivity contribution in [1.29, 1.82) is 0 Å². The lowest BCUT2D eigenvalue weighted by Crippen LogP contribution is -2.55. The molecule has 0 bridgehead atoms. The zero-order chi connectivity index (χ0) is 32.5. The normalized spacial score (nSPS) is 36.3. The van der Waals surface area contributed by atoms with E-state index in [1.807, 2.05) is 0 Å². The Hall–Kier alpha value is -3.14. The fraction of sp³-hybridized carbons (Fsp3) is 0.562. The number of aromatic hydroxyl groups is 3. The molecule has 6 rings (SSSR count). The van der Waals surface area contributed by atoms with Crippen molar-refractivity contribution < 1.29 is 59.2 Å². The summed E-state index contributed by atoms with van der Waals surface area (Å²) in [5.74, 6) is -3.69. The molecular formula is C32H39NO12. The van der Waals surface area contributed by atoms with Gasteiger partial charge in [-0.2, -0.15) is 0 Å². The molecule has 2 saturated heterocycles. The summed E-state index contributed by atoms with van der Waals surface area (Å²) in [6, 6.07) is 3.32. The molecule has 2 aromatic rings. The number of phenols is 3. The quantitative estimate of drug-likeness (QED) is 0.201. The van der Waals surface area contributed by atoms with E-state index < -0.39 is 101 Å². The van der Waals surface area contributed by atoms with Gasteiger partial charge in [-0.3, -0.25) is 9.59 Å². The van der Waals surface area contributed by atoms with Crippen LogP contribution in [-0.2, 0) is 18.9 Å². The molecule has 8 N–H and O–H groups in total. The highest BCUT2D eigenvalue weighted by atomic mass is 16.7. The van der Waals surface area contributed by atoms with Crippen LogP contribution >= 0.6 is 0 Å². The van der Waals surface area contributed by atoms with Crippen LogP contribution in [0.3, 0.4) is 0 Å². The smallest absolute Gasteiger partial charge is 0.202 e. The molecule has 2 heterocycles. The third-order valence-electron chi connectivity index (χ3n) is 9.69. The van der Waals surface area contributed by atoms with E-state index in [1.54, 1.807) is 20.8 Å². The van der Waals surface area contributed by atoms with Gasteiger partial charge < -0.3 is 55.3 Å². The van der Waals surface area contributed by atoms with Crippen molar-refractivity contribution >= 4 is 11.6 Å². The highest BCUT2D eigenvalue weighted by molar-refractivity contribution is 6.31. The number of carbonyl (C=O) groups excluding carboxylic acids is 2. The average molecular weight is 630 g/mol. The molecule has 2 aliphatic carbocycles. The number of benzene rings is 2. The molecule has 244 valence electrons. The summed E-state index contributed by atoms with van der Waals surface area (Å²) >= 11 is 0. The lowest BCUT2D eigenvalue weighted by molar-refractivity contribution is -0.294. The van der Waals surface area contributed by atoms with Crippen molar-refractivity contribution in [3.05, 3.63) is 51.6 Å². The Morgan fingerprint density at radius 3 is 2.24 bits per heavy atom. The van der Waals surface area contributed by atoms with Crippen LogP contribution in [0.1, 0.15) is 108 Å². The fourth-order valence-electron chi connectivity index (χ4n) is 7.07. The molecule has 4 aliphatic rings. The maximum atomic E-state index is 13.6. The molecule has 0 spiro atoms. The average Bonchev–Trinajstić information content (AvgIpc) is 2.99. The van der Waals surface area contributed by atoms with Crippen LogP contribution in [0.25, 0.3) is 0 Å². The highest BCUT2D eigenvalue weighted by Crippen LogP contribution is 2.56. The minimum atomic E-state index is -1.85. The molecular weight excluding hydrogens is 590 g/mol. The number of aliphatic hydroxyl groups excluding tert-OH is 2. The summed E-state index contributed by atoms with van der Waals surface area (Å²) in [5.41, 5.74) is 2.57. The third kappa shape index (κ3) is 5.11. The van der Waals surface area contributed by atoms with Gasteiger partial charge in [0.15, 0.2) is 18.4 Å². The zero-order valence-electron chi connectivity index (χ0n) is 25.2. The van der Waals surface area contributed by atoms with Crippen molar-refractivity contribution in [2.75, 3.05) is 0 Å². The Kier molecular flexibility index (Phi) is 8.19.